The summed E-state index contributed by atoms with van der Waals surface area (Å²) in [4.78, 5) is 10.3. The van der Waals surface area contributed by atoms with Crippen molar-refractivity contribution >= 4 is 11.4 Å². The number of furan rings is 1. The van der Waals surface area contributed by atoms with Gasteiger partial charge in [0.2, 0.25) is 0 Å². The lowest BCUT2D eigenvalue weighted by Crippen LogP contribution is -2.01. The fraction of sp³-hybridized carbons (Fsp3) is 0.0909. The van der Waals surface area contributed by atoms with Gasteiger partial charge in [-0.25, -0.2) is 0 Å². The molecule has 0 saturated carbocycles. The van der Waals surface area contributed by atoms with Crippen LogP contribution in [-0.4, -0.2) is 4.92 Å². The van der Waals surface area contributed by atoms with E-state index in [0.717, 1.165) is 5.76 Å². The van der Waals surface area contributed by atoms with Gasteiger partial charge in [0.15, 0.2) is 0 Å². The number of nitro benzene ring substituents is 1. The summed E-state index contributed by atoms with van der Waals surface area (Å²) in [6.07, 6.45) is 1.57. The van der Waals surface area contributed by atoms with E-state index < -0.39 is 4.92 Å². The molecule has 0 saturated heterocycles. The van der Waals surface area contributed by atoms with Gasteiger partial charge in [0, 0.05) is 6.07 Å². The summed E-state index contributed by atoms with van der Waals surface area (Å²) in [5.74, 6) is 0.734. The first-order valence-electron chi connectivity index (χ1n) is 4.77. The van der Waals surface area contributed by atoms with Crippen molar-refractivity contribution in [2.75, 3.05) is 5.32 Å². The minimum Gasteiger partial charge on any atom is -0.467 e. The first-order chi connectivity index (χ1) is 7.77. The van der Waals surface area contributed by atoms with Gasteiger partial charge >= 0.3 is 0 Å². The fourth-order valence-corrected chi connectivity index (χ4v) is 1.38. The zero-order chi connectivity index (χ0) is 11.4. The predicted molar refractivity (Wildman–Crippen MR) is 59.1 cm³/mol. The number of rotatable bonds is 4. The summed E-state index contributed by atoms with van der Waals surface area (Å²) < 4.78 is 5.12. The molecule has 0 aliphatic carbocycles. The molecule has 16 heavy (non-hydrogen) atoms. The second kappa shape index (κ2) is 4.48. The van der Waals surface area contributed by atoms with Crippen LogP contribution in [0.15, 0.2) is 47.1 Å². The van der Waals surface area contributed by atoms with E-state index in [4.69, 9.17) is 4.42 Å². The van der Waals surface area contributed by atoms with Crippen LogP contribution in [0.2, 0.25) is 0 Å². The Kier molecular flexibility index (Phi) is 2.86. The van der Waals surface area contributed by atoms with Crippen LogP contribution in [0.5, 0.6) is 0 Å². The molecule has 5 heteroatoms. The van der Waals surface area contributed by atoms with Gasteiger partial charge in [-0.1, -0.05) is 12.1 Å². The third-order valence-corrected chi connectivity index (χ3v) is 2.13. The third-order valence-electron chi connectivity index (χ3n) is 2.13. The highest BCUT2D eigenvalue weighted by atomic mass is 16.6. The quantitative estimate of drug-likeness (QED) is 0.632. The molecule has 5 nitrogen and oxygen atoms in total. The van der Waals surface area contributed by atoms with Crippen molar-refractivity contribution in [1.29, 1.82) is 0 Å². The van der Waals surface area contributed by atoms with Crippen molar-refractivity contribution in [3.63, 3.8) is 0 Å². The van der Waals surface area contributed by atoms with Gasteiger partial charge in [0.25, 0.3) is 5.69 Å². The number of benzene rings is 1. The van der Waals surface area contributed by atoms with Crippen LogP contribution in [-0.2, 0) is 6.54 Å². The molecule has 0 bridgehead atoms. The number of nitrogens with zero attached hydrogens (tertiary/aromatic N) is 1. The van der Waals surface area contributed by atoms with Crippen LogP contribution in [0.4, 0.5) is 11.4 Å². The zero-order valence-corrected chi connectivity index (χ0v) is 8.42. The summed E-state index contributed by atoms with van der Waals surface area (Å²) in [6.45, 7) is 0.428. The number of nitrogens with one attached hydrogen (secondary N) is 1. The molecule has 2 rings (SSSR count). The summed E-state index contributed by atoms with van der Waals surface area (Å²) in [7, 11) is 0. The van der Waals surface area contributed by atoms with E-state index >= 15 is 0 Å². The Labute approximate surface area is 91.9 Å². The van der Waals surface area contributed by atoms with Crippen LogP contribution >= 0.6 is 0 Å². The molecule has 1 aromatic carbocycles. The molecular weight excluding hydrogens is 208 g/mol. The number of para-hydroxylation sites is 2. The van der Waals surface area contributed by atoms with Gasteiger partial charge < -0.3 is 9.73 Å². The van der Waals surface area contributed by atoms with Crippen LogP contribution in [0.3, 0.4) is 0 Å². The largest absolute Gasteiger partial charge is 0.467 e. The SMILES string of the molecule is O=[N+]([O-])c1ccccc1NCc1ccco1. The van der Waals surface area contributed by atoms with Gasteiger partial charge in [0.05, 0.1) is 17.7 Å². The number of anilines is 1. The van der Waals surface area contributed by atoms with E-state index in [1.807, 2.05) is 6.07 Å². The molecule has 0 aliphatic heterocycles. The van der Waals surface area contributed by atoms with E-state index in [1.165, 1.54) is 6.07 Å². The second-order valence-electron chi connectivity index (χ2n) is 3.21. The molecule has 0 unspecified atom stereocenters. The number of hydrogen-bond acceptors (Lipinski definition) is 4. The third kappa shape index (κ3) is 2.20. The Morgan fingerprint density at radius 1 is 1.25 bits per heavy atom. The second-order valence-corrected chi connectivity index (χ2v) is 3.21. The van der Waals surface area contributed by atoms with Crippen LogP contribution < -0.4 is 5.32 Å². The molecular formula is C11H10N2O3. The molecule has 0 spiro atoms. The zero-order valence-electron chi connectivity index (χ0n) is 8.42. The highest BCUT2D eigenvalue weighted by Crippen LogP contribution is 2.23. The molecule has 82 valence electrons. The van der Waals surface area contributed by atoms with Crippen molar-refractivity contribution in [2.24, 2.45) is 0 Å². The van der Waals surface area contributed by atoms with Crippen molar-refractivity contribution in [3.8, 4) is 0 Å². The minimum atomic E-state index is -0.412. The lowest BCUT2D eigenvalue weighted by atomic mass is 10.2. The first kappa shape index (κ1) is 10.2. The lowest BCUT2D eigenvalue weighted by molar-refractivity contribution is -0.384. The fourth-order valence-electron chi connectivity index (χ4n) is 1.38. The normalized spacial score (nSPS) is 10.0. The van der Waals surface area contributed by atoms with Crippen LogP contribution in [0.25, 0.3) is 0 Å². The average molecular weight is 218 g/mol. The van der Waals surface area contributed by atoms with Crippen molar-refractivity contribution in [2.45, 2.75) is 6.54 Å². The molecule has 2 aromatic rings. The van der Waals surface area contributed by atoms with Crippen LogP contribution in [0, 0.1) is 10.1 Å². The van der Waals surface area contributed by atoms with Gasteiger partial charge in [-0.15, -0.1) is 0 Å². The molecule has 1 heterocycles. The Balaban J connectivity index is 2.12. The lowest BCUT2D eigenvalue weighted by Gasteiger charge is -2.04. The van der Waals surface area contributed by atoms with E-state index in [2.05, 4.69) is 5.32 Å². The molecule has 0 radical (unpaired) electrons. The monoisotopic (exact) mass is 218 g/mol. The average Bonchev–Trinajstić information content (AvgIpc) is 2.79. The van der Waals surface area contributed by atoms with Crippen molar-refractivity contribution in [3.05, 3.63) is 58.5 Å². The Bertz CT molecular complexity index is 480. The highest BCUT2D eigenvalue weighted by molar-refractivity contribution is 5.60. The Hall–Kier alpha value is -2.30. The summed E-state index contributed by atoms with van der Waals surface area (Å²) in [5.41, 5.74) is 0.554. The smallest absolute Gasteiger partial charge is 0.292 e. The molecule has 1 N–H and O–H groups in total. The summed E-state index contributed by atoms with van der Waals surface area (Å²) in [6, 6.07) is 10.1. The van der Waals surface area contributed by atoms with Gasteiger partial charge in [0.1, 0.15) is 11.4 Å². The van der Waals surface area contributed by atoms with Gasteiger partial charge in [-0.3, -0.25) is 10.1 Å². The van der Waals surface area contributed by atoms with E-state index in [0.29, 0.717) is 12.2 Å². The maximum Gasteiger partial charge on any atom is 0.292 e. The maximum atomic E-state index is 10.7. The summed E-state index contributed by atoms with van der Waals surface area (Å²) >= 11 is 0. The van der Waals surface area contributed by atoms with E-state index in [1.54, 1.807) is 30.5 Å². The predicted octanol–water partition coefficient (Wildman–Crippen LogP) is 2.80. The molecule has 0 aliphatic rings. The molecule has 1 aromatic heterocycles. The van der Waals surface area contributed by atoms with Gasteiger partial charge in [-0.05, 0) is 18.2 Å². The molecule has 0 atom stereocenters. The topological polar surface area (TPSA) is 68.3 Å². The molecule has 0 amide bonds. The first-order valence-corrected chi connectivity index (χ1v) is 4.77. The standard InChI is InChI=1S/C11H10N2O3/c14-13(15)11-6-2-1-5-10(11)12-8-9-4-3-7-16-9/h1-7,12H,8H2. The Morgan fingerprint density at radius 2 is 2.06 bits per heavy atom. The van der Waals surface area contributed by atoms with Gasteiger partial charge in [-0.2, -0.15) is 0 Å². The van der Waals surface area contributed by atoms with Crippen molar-refractivity contribution in [1.82, 2.24) is 0 Å². The van der Waals surface area contributed by atoms with Crippen LogP contribution in [0.1, 0.15) is 5.76 Å². The number of hydrogen-bond donors (Lipinski definition) is 1. The van der Waals surface area contributed by atoms with E-state index in [9.17, 15) is 10.1 Å². The minimum absolute atomic E-state index is 0.0639. The Morgan fingerprint density at radius 3 is 2.75 bits per heavy atom. The van der Waals surface area contributed by atoms with E-state index in [-0.39, 0.29) is 5.69 Å². The van der Waals surface area contributed by atoms with Crippen molar-refractivity contribution < 1.29 is 9.34 Å². The number of nitro groups is 1. The summed E-state index contributed by atoms with van der Waals surface area (Å²) in [5, 5.41) is 13.7. The highest BCUT2D eigenvalue weighted by Gasteiger charge is 2.11. The maximum absolute atomic E-state index is 10.7. The molecule has 0 fully saturated rings.